The molecule has 0 bridgehead atoms. The normalized spacial score (nSPS) is 10.2. The number of ether oxygens (including phenoxy) is 3. The Labute approximate surface area is 171 Å². The number of hydrogen-bond donors (Lipinski definition) is 1. The lowest BCUT2D eigenvalue weighted by atomic mass is 10.1. The van der Waals surface area contributed by atoms with Crippen molar-refractivity contribution in [2.24, 2.45) is 0 Å². The summed E-state index contributed by atoms with van der Waals surface area (Å²) in [5.74, 6) is 1.33. The predicted octanol–water partition coefficient (Wildman–Crippen LogP) is 3.26. The summed E-state index contributed by atoms with van der Waals surface area (Å²) in [6.07, 6.45) is 0.148. The van der Waals surface area contributed by atoms with Crippen LogP contribution in [-0.2, 0) is 22.6 Å². The van der Waals surface area contributed by atoms with Crippen LogP contribution in [0.1, 0.15) is 25.0 Å². The third kappa shape index (κ3) is 5.88. The van der Waals surface area contributed by atoms with Crippen LogP contribution >= 0.6 is 0 Å². The molecule has 2 aromatic rings. The van der Waals surface area contributed by atoms with Crippen molar-refractivity contribution in [2.75, 3.05) is 33.2 Å². The van der Waals surface area contributed by atoms with Crippen molar-refractivity contribution in [3.8, 4) is 17.2 Å². The van der Waals surface area contributed by atoms with E-state index >= 15 is 0 Å². The first kappa shape index (κ1) is 22.1. The zero-order chi connectivity index (χ0) is 21.4. The Bertz CT molecular complexity index is 841. The van der Waals surface area contributed by atoms with Gasteiger partial charge in [-0.1, -0.05) is 12.1 Å². The van der Waals surface area contributed by atoms with Crippen LogP contribution in [0, 0.1) is 0 Å². The second-order valence-corrected chi connectivity index (χ2v) is 6.49. The van der Waals surface area contributed by atoms with Gasteiger partial charge < -0.3 is 24.4 Å². The maximum absolute atomic E-state index is 12.5. The predicted molar refractivity (Wildman–Crippen MR) is 112 cm³/mol. The van der Waals surface area contributed by atoms with Gasteiger partial charge in [0, 0.05) is 25.7 Å². The lowest BCUT2D eigenvalue weighted by Gasteiger charge is -2.19. The van der Waals surface area contributed by atoms with Gasteiger partial charge in [0.2, 0.25) is 17.6 Å². The zero-order valence-corrected chi connectivity index (χ0v) is 17.6. The molecule has 7 nitrogen and oxygen atoms in total. The van der Waals surface area contributed by atoms with E-state index < -0.39 is 0 Å². The second kappa shape index (κ2) is 10.4. The molecule has 2 amide bonds. The van der Waals surface area contributed by atoms with E-state index in [1.165, 1.54) is 21.3 Å². The minimum absolute atomic E-state index is 0.0179. The van der Waals surface area contributed by atoms with E-state index in [2.05, 4.69) is 5.32 Å². The molecule has 0 fully saturated rings. The van der Waals surface area contributed by atoms with Gasteiger partial charge in [-0.25, -0.2) is 0 Å². The Morgan fingerprint density at radius 2 is 1.62 bits per heavy atom. The van der Waals surface area contributed by atoms with Crippen molar-refractivity contribution >= 4 is 17.5 Å². The van der Waals surface area contributed by atoms with E-state index in [0.717, 1.165) is 11.1 Å². The Hall–Kier alpha value is -3.22. The standard InChI is InChI=1S/C22H28N2O5/c1-6-24(15(2)25)14-16-8-7-9-18(10-16)23-21(26)13-17-11-19(27-3)22(29-5)20(12-17)28-4/h7-12H,6,13-14H2,1-5H3,(H,23,26). The van der Waals surface area contributed by atoms with Gasteiger partial charge >= 0.3 is 0 Å². The molecular formula is C22H28N2O5. The molecule has 0 heterocycles. The molecule has 7 heteroatoms. The molecular weight excluding hydrogens is 372 g/mol. The molecule has 2 rings (SSSR count). The summed E-state index contributed by atoms with van der Waals surface area (Å²) < 4.78 is 16.0. The molecule has 0 aliphatic carbocycles. The highest BCUT2D eigenvalue weighted by Crippen LogP contribution is 2.38. The van der Waals surface area contributed by atoms with Crippen LogP contribution in [-0.4, -0.2) is 44.6 Å². The molecule has 0 spiro atoms. The van der Waals surface area contributed by atoms with Gasteiger partial charge in [0.25, 0.3) is 0 Å². The summed E-state index contributed by atoms with van der Waals surface area (Å²) in [4.78, 5) is 25.9. The number of rotatable bonds is 9. The monoisotopic (exact) mass is 400 g/mol. The molecule has 0 saturated carbocycles. The Balaban J connectivity index is 2.11. The number of carbonyl (C=O) groups is 2. The van der Waals surface area contributed by atoms with Gasteiger partial charge in [0.15, 0.2) is 11.5 Å². The quantitative estimate of drug-likeness (QED) is 0.699. The first-order chi connectivity index (χ1) is 13.9. The third-order valence-electron chi connectivity index (χ3n) is 4.50. The molecule has 2 aromatic carbocycles. The summed E-state index contributed by atoms with van der Waals surface area (Å²) in [5, 5.41) is 2.90. The van der Waals surface area contributed by atoms with E-state index in [1.807, 2.05) is 31.2 Å². The molecule has 0 aliphatic heterocycles. The Kier molecular flexibility index (Phi) is 7.88. The van der Waals surface area contributed by atoms with E-state index in [-0.39, 0.29) is 18.2 Å². The number of methoxy groups -OCH3 is 3. The van der Waals surface area contributed by atoms with Crippen molar-refractivity contribution in [1.29, 1.82) is 0 Å². The van der Waals surface area contributed by atoms with Crippen molar-refractivity contribution < 1.29 is 23.8 Å². The van der Waals surface area contributed by atoms with Gasteiger partial charge in [-0.2, -0.15) is 0 Å². The first-order valence-electron chi connectivity index (χ1n) is 9.35. The number of nitrogens with zero attached hydrogens (tertiary/aromatic N) is 1. The second-order valence-electron chi connectivity index (χ2n) is 6.49. The molecule has 0 saturated heterocycles. The van der Waals surface area contributed by atoms with E-state index in [4.69, 9.17) is 14.2 Å². The van der Waals surface area contributed by atoms with E-state index in [0.29, 0.717) is 36.0 Å². The zero-order valence-electron chi connectivity index (χ0n) is 17.6. The SMILES string of the molecule is CCN(Cc1cccc(NC(=O)Cc2cc(OC)c(OC)c(OC)c2)c1)C(C)=O. The Morgan fingerprint density at radius 1 is 0.966 bits per heavy atom. The third-order valence-corrected chi connectivity index (χ3v) is 4.50. The maximum Gasteiger partial charge on any atom is 0.228 e. The number of hydrogen-bond acceptors (Lipinski definition) is 5. The van der Waals surface area contributed by atoms with Crippen molar-refractivity contribution in [3.05, 3.63) is 47.5 Å². The molecule has 0 atom stereocenters. The number of amides is 2. The van der Waals surface area contributed by atoms with Crippen LogP contribution in [0.4, 0.5) is 5.69 Å². The van der Waals surface area contributed by atoms with Gasteiger partial charge in [0.05, 0.1) is 27.8 Å². The van der Waals surface area contributed by atoms with Crippen LogP contribution in [0.15, 0.2) is 36.4 Å². The molecule has 0 aromatic heterocycles. The molecule has 156 valence electrons. The van der Waals surface area contributed by atoms with Crippen LogP contribution in [0.2, 0.25) is 0 Å². The fourth-order valence-corrected chi connectivity index (χ4v) is 3.04. The number of benzene rings is 2. The lowest BCUT2D eigenvalue weighted by molar-refractivity contribution is -0.129. The van der Waals surface area contributed by atoms with Gasteiger partial charge in [-0.05, 0) is 42.3 Å². The van der Waals surface area contributed by atoms with Crippen LogP contribution < -0.4 is 19.5 Å². The summed E-state index contributed by atoms with van der Waals surface area (Å²) in [7, 11) is 4.60. The average Bonchev–Trinajstić information content (AvgIpc) is 2.71. The lowest BCUT2D eigenvalue weighted by Crippen LogP contribution is -2.27. The minimum Gasteiger partial charge on any atom is -0.493 e. The van der Waals surface area contributed by atoms with Crippen molar-refractivity contribution in [2.45, 2.75) is 26.8 Å². The van der Waals surface area contributed by atoms with Crippen LogP contribution in [0.5, 0.6) is 17.2 Å². The maximum atomic E-state index is 12.5. The number of carbonyl (C=O) groups excluding carboxylic acids is 2. The fraction of sp³-hybridized carbons (Fsp3) is 0.364. The molecule has 29 heavy (non-hydrogen) atoms. The summed E-state index contributed by atoms with van der Waals surface area (Å²) in [6.45, 7) is 4.62. The van der Waals surface area contributed by atoms with E-state index in [9.17, 15) is 9.59 Å². The molecule has 1 N–H and O–H groups in total. The first-order valence-corrected chi connectivity index (χ1v) is 9.35. The highest BCUT2D eigenvalue weighted by atomic mass is 16.5. The molecule has 0 radical (unpaired) electrons. The van der Waals surface area contributed by atoms with E-state index in [1.54, 1.807) is 24.0 Å². The number of nitrogens with one attached hydrogen (secondary N) is 1. The largest absolute Gasteiger partial charge is 0.493 e. The topological polar surface area (TPSA) is 77.1 Å². The summed E-state index contributed by atoms with van der Waals surface area (Å²) in [5.41, 5.74) is 2.37. The van der Waals surface area contributed by atoms with Crippen molar-refractivity contribution in [3.63, 3.8) is 0 Å². The Morgan fingerprint density at radius 3 is 2.14 bits per heavy atom. The van der Waals surface area contributed by atoms with Crippen molar-refractivity contribution in [1.82, 2.24) is 4.90 Å². The van der Waals surface area contributed by atoms with Crippen LogP contribution in [0.3, 0.4) is 0 Å². The summed E-state index contributed by atoms with van der Waals surface area (Å²) in [6, 6.07) is 11.0. The van der Waals surface area contributed by atoms with Gasteiger partial charge in [0.1, 0.15) is 0 Å². The van der Waals surface area contributed by atoms with Gasteiger partial charge in [-0.15, -0.1) is 0 Å². The minimum atomic E-state index is -0.171. The highest BCUT2D eigenvalue weighted by Gasteiger charge is 2.15. The fourth-order valence-electron chi connectivity index (χ4n) is 3.04. The molecule has 0 aliphatic rings. The average molecular weight is 400 g/mol. The smallest absolute Gasteiger partial charge is 0.228 e. The highest BCUT2D eigenvalue weighted by molar-refractivity contribution is 5.92. The molecule has 0 unspecified atom stereocenters. The summed E-state index contributed by atoms with van der Waals surface area (Å²) >= 11 is 0. The van der Waals surface area contributed by atoms with Crippen LogP contribution in [0.25, 0.3) is 0 Å². The van der Waals surface area contributed by atoms with Gasteiger partial charge in [-0.3, -0.25) is 9.59 Å². The number of anilines is 1.